The summed E-state index contributed by atoms with van der Waals surface area (Å²) in [5, 5.41) is 10.5. The van der Waals surface area contributed by atoms with Crippen LogP contribution >= 0.6 is 0 Å². The Kier molecular flexibility index (Phi) is 3.16. The molecule has 0 bridgehead atoms. The van der Waals surface area contributed by atoms with Crippen molar-refractivity contribution in [1.82, 2.24) is 0 Å². The van der Waals surface area contributed by atoms with Gasteiger partial charge in [-0.05, 0) is 38.7 Å². The predicted molar refractivity (Wildman–Crippen MR) is 72.7 cm³/mol. The summed E-state index contributed by atoms with van der Waals surface area (Å²) >= 11 is 0. The normalized spacial score (nSPS) is 29.1. The van der Waals surface area contributed by atoms with Crippen LogP contribution in [0.5, 0.6) is 0 Å². The maximum Gasteiger partial charge on any atom is 0.163 e. The predicted octanol–water partition coefficient (Wildman–Crippen LogP) is 2.52. The van der Waals surface area contributed by atoms with E-state index in [0.717, 1.165) is 19.3 Å². The first kappa shape index (κ1) is 13.1. The minimum absolute atomic E-state index is 0.0114. The van der Waals surface area contributed by atoms with Crippen molar-refractivity contribution < 1.29 is 14.6 Å². The van der Waals surface area contributed by atoms with Crippen LogP contribution in [-0.2, 0) is 15.9 Å². The SMILES string of the molecule is CC1(C)OC[C@H]([C@H](Cc2ccccc2)C2(O)CC2)O1. The Hall–Kier alpha value is -0.900. The Balaban J connectivity index is 1.76. The Morgan fingerprint density at radius 3 is 2.47 bits per heavy atom. The maximum absolute atomic E-state index is 10.5. The number of benzene rings is 1. The third-order valence-corrected chi connectivity index (χ3v) is 4.23. The minimum atomic E-state index is -0.551. The van der Waals surface area contributed by atoms with Gasteiger partial charge in [0.1, 0.15) is 0 Å². The molecule has 1 saturated carbocycles. The Labute approximate surface area is 114 Å². The van der Waals surface area contributed by atoms with E-state index in [9.17, 15) is 5.11 Å². The fraction of sp³-hybridized carbons (Fsp3) is 0.625. The monoisotopic (exact) mass is 262 g/mol. The lowest BCUT2D eigenvalue weighted by atomic mass is 9.87. The van der Waals surface area contributed by atoms with E-state index in [1.54, 1.807) is 0 Å². The number of hydrogen-bond acceptors (Lipinski definition) is 3. The van der Waals surface area contributed by atoms with Crippen LogP contribution in [-0.4, -0.2) is 29.2 Å². The lowest BCUT2D eigenvalue weighted by Gasteiger charge is -2.28. The van der Waals surface area contributed by atoms with Gasteiger partial charge in [0.25, 0.3) is 0 Å². The van der Waals surface area contributed by atoms with Gasteiger partial charge in [-0.1, -0.05) is 30.3 Å². The van der Waals surface area contributed by atoms with Crippen LogP contribution in [0.25, 0.3) is 0 Å². The molecule has 0 radical (unpaired) electrons. The number of rotatable bonds is 4. The first-order chi connectivity index (χ1) is 8.99. The van der Waals surface area contributed by atoms with Gasteiger partial charge in [-0.25, -0.2) is 0 Å². The van der Waals surface area contributed by atoms with Gasteiger partial charge in [-0.3, -0.25) is 0 Å². The molecule has 1 aliphatic heterocycles. The summed E-state index contributed by atoms with van der Waals surface area (Å²) in [6.45, 7) is 4.44. The fourth-order valence-electron chi connectivity index (χ4n) is 2.95. The van der Waals surface area contributed by atoms with E-state index in [0.29, 0.717) is 6.61 Å². The van der Waals surface area contributed by atoms with E-state index < -0.39 is 11.4 Å². The first-order valence-electron chi connectivity index (χ1n) is 7.07. The smallest absolute Gasteiger partial charge is 0.163 e. The van der Waals surface area contributed by atoms with E-state index in [-0.39, 0.29) is 12.0 Å². The lowest BCUT2D eigenvalue weighted by molar-refractivity contribution is -0.151. The molecule has 2 atom stereocenters. The largest absolute Gasteiger partial charge is 0.389 e. The van der Waals surface area contributed by atoms with Crippen LogP contribution in [0.3, 0.4) is 0 Å². The van der Waals surface area contributed by atoms with E-state index in [1.165, 1.54) is 5.56 Å². The van der Waals surface area contributed by atoms with Crippen LogP contribution in [0.2, 0.25) is 0 Å². The maximum atomic E-state index is 10.5. The standard InChI is InChI=1S/C16H22O3/c1-15(2)18-11-14(19-15)13(16(17)8-9-16)10-12-6-4-3-5-7-12/h3-7,13-14,17H,8-11H2,1-2H3/t13-,14+/m0/s1. The third-order valence-electron chi connectivity index (χ3n) is 4.23. The molecule has 2 fully saturated rings. The van der Waals surface area contributed by atoms with Gasteiger partial charge in [0.2, 0.25) is 0 Å². The summed E-state index contributed by atoms with van der Waals surface area (Å²) in [4.78, 5) is 0. The molecule has 1 saturated heterocycles. The molecule has 19 heavy (non-hydrogen) atoms. The number of ether oxygens (including phenoxy) is 2. The molecule has 104 valence electrons. The van der Waals surface area contributed by atoms with Gasteiger partial charge in [0.15, 0.2) is 5.79 Å². The van der Waals surface area contributed by atoms with Crippen LogP contribution in [0.4, 0.5) is 0 Å². The average molecular weight is 262 g/mol. The lowest BCUT2D eigenvalue weighted by Crippen LogP contribution is -2.37. The summed E-state index contributed by atoms with van der Waals surface area (Å²) in [5.41, 5.74) is 0.700. The Morgan fingerprint density at radius 1 is 1.26 bits per heavy atom. The second kappa shape index (κ2) is 4.58. The zero-order chi connectivity index (χ0) is 13.5. The van der Waals surface area contributed by atoms with Gasteiger partial charge in [-0.2, -0.15) is 0 Å². The van der Waals surface area contributed by atoms with Gasteiger partial charge in [-0.15, -0.1) is 0 Å². The summed E-state index contributed by atoms with van der Waals surface area (Å²) in [6, 6.07) is 10.3. The third kappa shape index (κ3) is 2.83. The molecule has 3 nitrogen and oxygen atoms in total. The molecule has 1 N–H and O–H groups in total. The zero-order valence-electron chi connectivity index (χ0n) is 11.6. The van der Waals surface area contributed by atoms with E-state index in [1.807, 2.05) is 32.0 Å². The van der Waals surface area contributed by atoms with Gasteiger partial charge in [0.05, 0.1) is 18.3 Å². The molecule has 0 aromatic heterocycles. The highest BCUT2D eigenvalue weighted by atomic mass is 16.7. The van der Waals surface area contributed by atoms with Crippen molar-refractivity contribution in [2.45, 2.75) is 50.6 Å². The summed E-state index contributed by atoms with van der Waals surface area (Å²) in [5.74, 6) is -0.401. The molecular formula is C16H22O3. The quantitative estimate of drug-likeness (QED) is 0.906. The Morgan fingerprint density at radius 2 is 1.95 bits per heavy atom. The average Bonchev–Trinajstić information content (AvgIpc) is 3.02. The highest BCUT2D eigenvalue weighted by Gasteiger charge is 2.53. The highest BCUT2D eigenvalue weighted by Crippen LogP contribution is 2.47. The molecule has 0 spiro atoms. The molecule has 3 rings (SSSR count). The van der Waals surface area contributed by atoms with Crippen LogP contribution in [0.1, 0.15) is 32.3 Å². The first-order valence-corrected chi connectivity index (χ1v) is 7.07. The number of hydrogen-bond donors (Lipinski definition) is 1. The van der Waals surface area contributed by atoms with Crippen LogP contribution < -0.4 is 0 Å². The topological polar surface area (TPSA) is 38.7 Å². The molecule has 1 heterocycles. The van der Waals surface area contributed by atoms with Crippen molar-refractivity contribution in [3.63, 3.8) is 0 Å². The van der Waals surface area contributed by atoms with E-state index in [2.05, 4.69) is 12.1 Å². The van der Waals surface area contributed by atoms with Crippen molar-refractivity contribution in [2.75, 3.05) is 6.61 Å². The van der Waals surface area contributed by atoms with Crippen LogP contribution in [0.15, 0.2) is 30.3 Å². The van der Waals surface area contributed by atoms with Crippen molar-refractivity contribution in [3.8, 4) is 0 Å². The molecule has 1 aliphatic carbocycles. The molecular weight excluding hydrogens is 240 g/mol. The van der Waals surface area contributed by atoms with Gasteiger partial charge in [0, 0.05) is 5.92 Å². The van der Waals surface area contributed by atoms with Crippen molar-refractivity contribution in [1.29, 1.82) is 0 Å². The van der Waals surface area contributed by atoms with Crippen LogP contribution in [0, 0.1) is 5.92 Å². The second-order valence-electron chi connectivity index (χ2n) is 6.27. The van der Waals surface area contributed by atoms with Crippen molar-refractivity contribution in [3.05, 3.63) is 35.9 Å². The zero-order valence-corrected chi connectivity index (χ0v) is 11.6. The summed E-state index contributed by atoms with van der Waals surface area (Å²) in [6.07, 6.45) is 2.60. The molecule has 0 unspecified atom stereocenters. The minimum Gasteiger partial charge on any atom is -0.389 e. The molecule has 1 aromatic rings. The highest BCUT2D eigenvalue weighted by molar-refractivity contribution is 5.18. The van der Waals surface area contributed by atoms with E-state index in [4.69, 9.17) is 9.47 Å². The van der Waals surface area contributed by atoms with E-state index >= 15 is 0 Å². The molecule has 1 aromatic carbocycles. The summed E-state index contributed by atoms with van der Waals surface area (Å²) in [7, 11) is 0. The molecule has 2 aliphatic rings. The van der Waals surface area contributed by atoms with Gasteiger partial charge < -0.3 is 14.6 Å². The molecule has 0 amide bonds. The fourth-order valence-corrected chi connectivity index (χ4v) is 2.95. The molecule has 3 heteroatoms. The van der Waals surface area contributed by atoms with Crippen molar-refractivity contribution >= 4 is 0 Å². The number of aliphatic hydroxyl groups is 1. The Bertz CT molecular complexity index is 437. The second-order valence-corrected chi connectivity index (χ2v) is 6.27. The summed E-state index contributed by atoms with van der Waals surface area (Å²) < 4.78 is 11.6. The van der Waals surface area contributed by atoms with Gasteiger partial charge >= 0.3 is 0 Å². The van der Waals surface area contributed by atoms with Crippen molar-refractivity contribution in [2.24, 2.45) is 5.92 Å².